The molecule has 3 atom stereocenters. The number of hydrogen-bond donors (Lipinski definition) is 1. The summed E-state index contributed by atoms with van der Waals surface area (Å²) in [6.45, 7) is 5.47. The number of aryl methyl sites for hydroxylation is 1. The molecule has 6 rings (SSSR count). The number of fused-ring (bicyclic) bond motifs is 5. The second-order valence-electron chi connectivity index (χ2n) is 11.0. The first-order valence-electron chi connectivity index (χ1n) is 13.8. The number of carbonyl (C=O) groups is 2. The van der Waals surface area contributed by atoms with Crippen molar-refractivity contribution in [3.05, 3.63) is 53.7 Å². The monoisotopic (exact) mass is 487 g/mol. The van der Waals surface area contributed by atoms with E-state index in [1.165, 1.54) is 24.1 Å². The van der Waals surface area contributed by atoms with E-state index >= 15 is 0 Å². The first kappa shape index (κ1) is 23.3. The second kappa shape index (κ2) is 10.1. The van der Waals surface area contributed by atoms with Crippen LogP contribution < -0.4 is 15.1 Å². The highest BCUT2D eigenvalue weighted by atomic mass is 16.2. The molecule has 0 saturated carbocycles. The average molecular weight is 488 g/mol. The first-order chi connectivity index (χ1) is 17.7. The fraction of sp³-hybridized carbons (Fsp3) is 0.552. The van der Waals surface area contributed by atoms with E-state index in [-0.39, 0.29) is 5.91 Å². The van der Waals surface area contributed by atoms with Crippen LogP contribution in [0.15, 0.2) is 42.6 Å². The van der Waals surface area contributed by atoms with Crippen molar-refractivity contribution in [1.82, 2.24) is 15.2 Å². The summed E-state index contributed by atoms with van der Waals surface area (Å²) in [5.41, 5.74) is 3.39. The normalized spacial score (nSPS) is 25.3. The molecular formula is C29H37N5O2. The molecule has 3 saturated heterocycles. The number of pyridine rings is 1. The first-order valence-corrected chi connectivity index (χ1v) is 13.8. The molecule has 0 radical (unpaired) electrons. The summed E-state index contributed by atoms with van der Waals surface area (Å²) in [6.07, 6.45) is 9.07. The molecule has 0 spiro atoms. The van der Waals surface area contributed by atoms with Crippen molar-refractivity contribution in [1.29, 1.82) is 0 Å². The summed E-state index contributed by atoms with van der Waals surface area (Å²) >= 11 is 0. The number of rotatable bonds is 6. The molecule has 2 amide bonds. The number of amides is 2. The number of hydrogen-bond acceptors (Lipinski definition) is 5. The van der Waals surface area contributed by atoms with Crippen LogP contribution in [0.25, 0.3) is 0 Å². The summed E-state index contributed by atoms with van der Waals surface area (Å²) in [6, 6.07) is 12.9. The minimum absolute atomic E-state index is 0.0556. The molecule has 1 aromatic heterocycles. The maximum absolute atomic E-state index is 12.7. The zero-order chi connectivity index (χ0) is 24.5. The van der Waals surface area contributed by atoms with Gasteiger partial charge in [0, 0.05) is 63.6 Å². The number of benzene rings is 1. The smallest absolute Gasteiger partial charge is 0.252 e. The third-order valence-electron chi connectivity index (χ3n) is 8.61. The van der Waals surface area contributed by atoms with Crippen LogP contribution in [-0.4, -0.2) is 67.0 Å². The quantitative estimate of drug-likeness (QED) is 0.632. The Bertz CT molecular complexity index is 1100. The van der Waals surface area contributed by atoms with Gasteiger partial charge in [0.1, 0.15) is 5.82 Å². The average Bonchev–Trinajstić information content (AvgIpc) is 2.92. The van der Waals surface area contributed by atoms with E-state index < -0.39 is 0 Å². The van der Waals surface area contributed by atoms with Crippen molar-refractivity contribution in [3.8, 4) is 0 Å². The van der Waals surface area contributed by atoms with Gasteiger partial charge < -0.3 is 20.0 Å². The number of nitrogens with one attached hydrogen (secondary N) is 1. The number of nitrogens with zero attached hydrogens (tertiary/aromatic N) is 4. The Morgan fingerprint density at radius 2 is 1.97 bits per heavy atom. The summed E-state index contributed by atoms with van der Waals surface area (Å²) in [7, 11) is 0. The molecule has 0 aliphatic carbocycles. The van der Waals surface area contributed by atoms with Gasteiger partial charge in [0.05, 0.1) is 5.56 Å². The van der Waals surface area contributed by atoms with Gasteiger partial charge in [0.15, 0.2) is 0 Å². The van der Waals surface area contributed by atoms with Gasteiger partial charge in [-0.1, -0.05) is 18.2 Å². The Kier molecular flexibility index (Phi) is 6.55. The molecule has 2 unspecified atom stereocenters. The molecule has 1 N–H and O–H groups in total. The van der Waals surface area contributed by atoms with E-state index in [2.05, 4.69) is 49.3 Å². The molecule has 190 valence electrons. The van der Waals surface area contributed by atoms with Crippen LogP contribution in [0.3, 0.4) is 0 Å². The number of aromatic nitrogens is 1. The van der Waals surface area contributed by atoms with Gasteiger partial charge in [-0.3, -0.25) is 9.59 Å². The third kappa shape index (κ3) is 4.67. The van der Waals surface area contributed by atoms with Gasteiger partial charge in [-0.25, -0.2) is 4.98 Å². The van der Waals surface area contributed by atoms with E-state index in [0.717, 1.165) is 70.6 Å². The highest BCUT2D eigenvalue weighted by molar-refractivity contribution is 5.94. The lowest BCUT2D eigenvalue weighted by molar-refractivity contribution is -0.142. The van der Waals surface area contributed by atoms with Crippen LogP contribution in [0.1, 0.15) is 54.4 Å². The number of para-hydroxylation sites is 1. The maximum atomic E-state index is 12.7. The molecule has 3 fully saturated rings. The van der Waals surface area contributed by atoms with Crippen molar-refractivity contribution in [2.24, 2.45) is 11.8 Å². The second-order valence-corrected chi connectivity index (χ2v) is 11.0. The third-order valence-corrected chi connectivity index (χ3v) is 8.61. The van der Waals surface area contributed by atoms with Gasteiger partial charge >= 0.3 is 0 Å². The maximum Gasteiger partial charge on any atom is 0.252 e. The van der Waals surface area contributed by atoms with Crippen molar-refractivity contribution in [2.75, 3.05) is 49.1 Å². The molecule has 7 nitrogen and oxygen atoms in total. The van der Waals surface area contributed by atoms with E-state index in [1.54, 1.807) is 6.20 Å². The highest BCUT2D eigenvalue weighted by Gasteiger charge is 2.44. The van der Waals surface area contributed by atoms with Crippen molar-refractivity contribution < 1.29 is 9.59 Å². The molecule has 4 aliphatic heterocycles. The highest BCUT2D eigenvalue weighted by Crippen LogP contribution is 2.38. The SMILES string of the molecule is O=C(NCCCN1CCCc2ccccc21)c1ccc(N2CC3CC(C2)[C@H]2CCCC(=O)N2C3)nc1. The van der Waals surface area contributed by atoms with E-state index in [4.69, 9.17) is 0 Å². The van der Waals surface area contributed by atoms with Crippen LogP contribution in [0.4, 0.5) is 11.5 Å². The van der Waals surface area contributed by atoms with Crippen molar-refractivity contribution >= 4 is 23.3 Å². The molecular weight excluding hydrogens is 450 g/mol. The molecule has 2 aromatic rings. The van der Waals surface area contributed by atoms with Gasteiger partial charge in [0.25, 0.3) is 5.91 Å². The van der Waals surface area contributed by atoms with Crippen LogP contribution in [-0.2, 0) is 11.2 Å². The summed E-state index contributed by atoms with van der Waals surface area (Å²) in [4.78, 5) is 36.8. The Labute approximate surface area is 213 Å². The Morgan fingerprint density at radius 3 is 2.86 bits per heavy atom. The number of piperidine rings is 3. The van der Waals surface area contributed by atoms with Gasteiger partial charge in [-0.2, -0.15) is 0 Å². The van der Waals surface area contributed by atoms with Gasteiger partial charge in [-0.15, -0.1) is 0 Å². The minimum Gasteiger partial charge on any atom is -0.371 e. The predicted octanol–water partition coefficient (Wildman–Crippen LogP) is 3.49. The molecule has 7 heteroatoms. The summed E-state index contributed by atoms with van der Waals surface area (Å²) in [5.74, 6) is 2.28. The lowest BCUT2D eigenvalue weighted by Gasteiger charge is -2.52. The van der Waals surface area contributed by atoms with Crippen molar-refractivity contribution in [2.45, 2.75) is 51.0 Å². The van der Waals surface area contributed by atoms with Gasteiger partial charge in [-0.05, 0) is 74.1 Å². The summed E-state index contributed by atoms with van der Waals surface area (Å²) in [5, 5.41) is 3.07. The van der Waals surface area contributed by atoms with Crippen LogP contribution >= 0.6 is 0 Å². The topological polar surface area (TPSA) is 68.8 Å². The Balaban J connectivity index is 1.00. The lowest BCUT2D eigenvalue weighted by Crippen LogP contribution is -2.60. The molecule has 36 heavy (non-hydrogen) atoms. The van der Waals surface area contributed by atoms with E-state index in [0.29, 0.717) is 35.9 Å². The molecule has 2 bridgehead atoms. The number of carbonyl (C=O) groups excluding carboxylic acids is 2. The zero-order valence-electron chi connectivity index (χ0n) is 21.1. The molecule has 1 aromatic carbocycles. The van der Waals surface area contributed by atoms with Crippen LogP contribution in [0.5, 0.6) is 0 Å². The largest absolute Gasteiger partial charge is 0.371 e. The number of anilines is 2. The summed E-state index contributed by atoms with van der Waals surface area (Å²) < 4.78 is 0. The van der Waals surface area contributed by atoms with E-state index in [1.807, 2.05) is 12.1 Å². The predicted molar refractivity (Wildman–Crippen MR) is 141 cm³/mol. The molecule has 5 heterocycles. The fourth-order valence-corrected chi connectivity index (χ4v) is 6.92. The van der Waals surface area contributed by atoms with Gasteiger partial charge in [0.2, 0.25) is 5.91 Å². The Hall–Kier alpha value is -3.09. The van der Waals surface area contributed by atoms with Crippen molar-refractivity contribution in [3.63, 3.8) is 0 Å². The molecule has 4 aliphatic rings. The Morgan fingerprint density at radius 1 is 1.06 bits per heavy atom. The fourth-order valence-electron chi connectivity index (χ4n) is 6.92. The zero-order valence-corrected chi connectivity index (χ0v) is 21.1. The van der Waals surface area contributed by atoms with Crippen LogP contribution in [0.2, 0.25) is 0 Å². The minimum atomic E-state index is -0.0556. The lowest BCUT2D eigenvalue weighted by atomic mass is 9.76. The standard InChI is InChI=1S/C29H37N5O2/c35-28-10-3-9-26-24-16-21(19-34(26)28)18-33(20-24)27-12-11-23(17-31-27)29(36)30-13-5-15-32-14-4-7-22-6-1-2-8-25(22)32/h1-2,6,8,11-12,17,21,24,26H,3-5,7,9-10,13-16,18-20H2,(H,30,36)/t21?,24?,26-/m1/s1. The van der Waals surface area contributed by atoms with Crippen LogP contribution in [0, 0.1) is 11.8 Å². The van der Waals surface area contributed by atoms with E-state index in [9.17, 15) is 9.59 Å².